The van der Waals surface area contributed by atoms with Crippen LogP contribution in [0, 0.1) is 0 Å². The lowest BCUT2D eigenvalue weighted by Gasteiger charge is -2.00. The van der Waals surface area contributed by atoms with E-state index < -0.39 is 0 Å². The molecule has 0 heterocycles. The number of carbonyl (C=O) groups is 1. The highest BCUT2D eigenvalue weighted by Crippen LogP contribution is 2.21. The second-order valence-electron chi connectivity index (χ2n) is 2.87. The minimum absolute atomic E-state index is 0.221. The fourth-order valence-electron chi connectivity index (χ4n) is 0.967. The highest BCUT2D eigenvalue weighted by Gasteiger charge is 1.96. The van der Waals surface area contributed by atoms with Crippen molar-refractivity contribution in [3.63, 3.8) is 0 Å². The van der Waals surface area contributed by atoms with E-state index in [9.17, 15) is 4.79 Å². The summed E-state index contributed by atoms with van der Waals surface area (Å²) in [4.78, 5) is 11.7. The minimum Gasteiger partial charge on any atom is -0.370 e. The van der Waals surface area contributed by atoms with Crippen molar-refractivity contribution in [3.05, 3.63) is 28.7 Å². The highest BCUT2D eigenvalue weighted by molar-refractivity contribution is 9.10. The number of halogens is 1. The summed E-state index contributed by atoms with van der Waals surface area (Å²) in [6, 6.07) is 8.13. The number of primary amides is 1. The maximum atomic E-state index is 10.5. The summed E-state index contributed by atoms with van der Waals surface area (Å²) < 4.78 is 1.08. The first-order valence-corrected chi connectivity index (χ1v) is 6.13. The van der Waals surface area contributed by atoms with E-state index >= 15 is 0 Å². The average Bonchev–Trinajstić information content (AvgIpc) is 2.15. The van der Waals surface area contributed by atoms with Crippen LogP contribution in [0.25, 0.3) is 0 Å². The number of carbonyl (C=O) groups excluding carboxylic acids is 1. The Morgan fingerprint density at radius 3 is 2.57 bits per heavy atom. The number of rotatable bonds is 5. The average molecular weight is 274 g/mol. The Hall–Kier alpha value is -0.480. The van der Waals surface area contributed by atoms with Crippen LogP contribution in [0.2, 0.25) is 0 Å². The number of amides is 1. The molecule has 1 amide bonds. The molecule has 76 valence electrons. The smallest absolute Gasteiger partial charge is 0.217 e. The maximum Gasteiger partial charge on any atom is 0.217 e. The standard InChI is InChI=1S/C10H12BrNOS/c11-8-3-5-9(6-4-8)14-7-1-2-10(12)13/h3-6H,1-2,7H2,(H2,12,13). The monoisotopic (exact) mass is 273 g/mol. The lowest BCUT2D eigenvalue weighted by molar-refractivity contribution is -0.118. The summed E-state index contributed by atoms with van der Waals surface area (Å²) in [6.07, 6.45) is 1.32. The molecular formula is C10H12BrNOS. The van der Waals surface area contributed by atoms with Gasteiger partial charge in [0, 0.05) is 15.8 Å². The van der Waals surface area contributed by atoms with Crippen LogP contribution in [-0.4, -0.2) is 11.7 Å². The molecule has 14 heavy (non-hydrogen) atoms. The molecule has 1 aromatic carbocycles. The third-order valence-electron chi connectivity index (χ3n) is 1.65. The fourth-order valence-corrected chi connectivity index (χ4v) is 2.08. The highest BCUT2D eigenvalue weighted by atomic mass is 79.9. The van der Waals surface area contributed by atoms with Crippen molar-refractivity contribution in [1.82, 2.24) is 0 Å². The first kappa shape index (κ1) is 11.6. The third kappa shape index (κ3) is 4.67. The second kappa shape index (κ2) is 6.09. The molecule has 0 atom stereocenters. The van der Waals surface area contributed by atoms with Crippen LogP contribution < -0.4 is 5.73 Å². The third-order valence-corrected chi connectivity index (χ3v) is 3.28. The minimum atomic E-state index is -0.221. The molecule has 1 rings (SSSR count). The molecule has 0 aliphatic rings. The van der Waals surface area contributed by atoms with E-state index in [1.54, 1.807) is 11.8 Å². The van der Waals surface area contributed by atoms with E-state index in [1.807, 2.05) is 12.1 Å². The quantitative estimate of drug-likeness (QED) is 0.662. The topological polar surface area (TPSA) is 43.1 Å². The van der Waals surface area contributed by atoms with E-state index in [2.05, 4.69) is 28.1 Å². The zero-order valence-electron chi connectivity index (χ0n) is 7.70. The fraction of sp³-hybridized carbons (Fsp3) is 0.300. The SMILES string of the molecule is NC(=O)CCCSc1ccc(Br)cc1. The lowest BCUT2D eigenvalue weighted by atomic mass is 10.3. The normalized spacial score (nSPS) is 10.1. The van der Waals surface area contributed by atoms with Gasteiger partial charge < -0.3 is 5.73 Å². The van der Waals surface area contributed by atoms with E-state index in [-0.39, 0.29) is 5.91 Å². The number of benzene rings is 1. The molecule has 0 saturated carbocycles. The van der Waals surface area contributed by atoms with Crippen molar-refractivity contribution in [2.45, 2.75) is 17.7 Å². The molecule has 0 aromatic heterocycles. The largest absolute Gasteiger partial charge is 0.370 e. The summed E-state index contributed by atoms with van der Waals surface area (Å²) in [5, 5.41) is 0. The van der Waals surface area contributed by atoms with Gasteiger partial charge in [0.2, 0.25) is 5.91 Å². The van der Waals surface area contributed by atoms with E-state index in [0.717, 1.165) is 16.6 Å². The van der Waals surface area contributed by atoms with Gasteiger partial charge >= 0.3 is 0 Å². The van der Waals surface area contributed by atoms with Crippen LogP contribution in [0.1, 0.15) is 12.8 Å². The van der Waals surface area contributed by atoms with Crippen LogP contribution in [0.4, 0.5) is 0 Å². The van der Waals surface area contributed by atoms with Crippen LogP contribution in [0.5, 0.6) is 0 Å². The van der Waals surface area contributed by atoms with Crippen molar-refractivity contribution in [1.29, 1.82) is 0 Å². The molecule has 0 unspecified atom stereocenters. The van der Waals surface area contributed by atoms with Crippen molar-refractivity contribution in [2.75, 3.05) is 5.75 Å². The molecule has 0 radical (unpaired) electrons. The van der Waals surface area contributed by atoms with E-state index in [1.165, 1.54) is 4.90 Å². The Morgan fingerprint density at radius 2 is 2.00 bits per heavy atom. The van der Waals surface area contributed by atoms with Gasteiger partial charge in [0.25, 0.3) is 0 Å². The molecule has 1 aromatic rings. The molecular weight excluding hydrogens is 262 g/mol. The zero-order chi connectivity index (χ0) is 10.4. The van der Waals surface area contributed by atoms with E-state index in [4.69, 9.17) is 5.73 Å². The summed E-state index contributed by atoms with van der Waals surface area (Å²) in [7, 11) is 0. The molecule has 0 fully saturated rings. The van der Waals surface area contributed by atoms with Gasteiger partial charge in [-0.1, -0.05) is 15.9 Å². The first-order chi connectivity index (χ1) is 6.68. The zero-order valence-corrected chi connectivity index (χ0v) is 10.1. The summed E-state index contributed by atoms with van der Waals surface area (Å²) in [5.74, 6) is 0.714. The number of nitrogens with two attached hydrogens (primary N) is 1. The van der Waals surface area contributed by atoms with Crippen LogP contribution in [-0.2, 0) is 4.79 Å². The summed E-state index contributed by atoms with van der Waals surface area (Å²) in [5.41, 5.74) is 5.04. The van der Waals surface area contributed by atoms with Gasteiger partial charge in [-0.05, 0) is 36.4 Å². The predicted molar refractivity (Wildman–Crippen MR) is 63.3 cm³/mol. The van der Waals surface area contributed by atoms with Crippen LogP contribution >= 0.6 is 27.7 Å². The summed E-state index contributed by atoms with van der Waals surface area (Å²) >= 11 is 5.12. The molecule has 0 aliphatic carbocycles. The molecule has 0 spiro atoms. The van der Waals surface area contributed by atoms with Gasteiger partial charge in [-0.15, -0.1) is 11.8 Å². The molecule has 0 aliphatic heterocycles. The lowest BCUT2D eigenvalue weighted by Crippen LogP contribution is -2.09. The van der Waals surface area contributed by atoms with Crippen molar-refractivity contribution in [3.8, 4) is 0 Å². The number of hydrogen-bond donors (Lipinski definition) is 1. The Labute approximate surface area is 96.4 Å². The van der Waals surface area contributed by atoms with Gasteiger partial charge in [-0.2, -0.15) is 0 Å². The van der Waals surface area contributed by atoms with Gasteiger partial charge in [0.05, 0.1) is 0 Å². The molecule has 0 saturated heterocycles. The van der Waals surface area contributed by atoms with Gasteiger partial charge in [-0.25, -0.2) is 0 Å². The Kier molecular flexibility index (Phi) is 5.04. The molecule has 0 bridgehead atoms. The molecule has 2 nitrogen and oxygen atoms in total. The number of thioether (sulfide) groups is 1. The predicted octanol–water partition coefficient (Wildman–Crippen LogP) is 2.81. The molecule has 2 N–H and O–H groups in total. The van der Waals surface area contributed by atoms with Crippen molar-refractivity contribution in [2.24, 2.45) is 5.73 Å². The Morgan fingerprint density at radius 1 is 1.36 bits per heavy atom. The van der Waals surface area contributed by atoms with Gasteiger partial charge in [0.1, 0.15) is 0 Å². The Bertz CT molecular complexity index is 299. The van der Waals surface area contributed by atoms with Crippen LogP contribution in [0.3, 0.4) is 0 Å². The van der Waals surface area contributed by atoms with Crippen molar-refractivity contribution < 1.29 is 4.79 Å². The molecule has 4 heteroatoms. The van der Waals surface area contributed by atoms with Gasteiger partial charge in [0.15, 0.2) is 0 Å². The van der Waals surface area contributed by atoms with Crippen molar-refractivity contribution >= 4 is 33.6 Å². The first-order valence-electron chi connectivity index (χ1n) is 4.35. The Balaban J connectivity index is 2.25. The second-order valence-corrected chi connectivity index (χ2v) is 4.96. The number of hydrogen-bond acceptors (Lipinski definition) is 2. The van der Waals surface area contributed by atoms with Crippen LogP contribution in [0.15, 0.2) is 33.6 Å². The maximum absolute atomic E-state index is 10.5. The summed E-state index contributed by atoms with van der Waals surface area (Å²) in [6.45, 7) is 0. The van der Waals surface area contributed by atoms with Gasteiger partial charge in [-0.3, -0.25) is 4.79 Å². The van der Waals surface area contributed by atoms with E-state index in [0.29, 0.717) is 6.42 Å².